The number of ketones is 1. The van der Waals surface area contributed by atoms with Gasteiger partial charge in [0, 0.05) is 17.8 Å². The minimum atomic E-state index is -0.531. The molecule has 3 fully saturated rings. The van der Waals surface area contributed by atoms with Gasteiger partial charge < -0.3 is 10.2 Å². The zero-order valence-electron chi connectivity index (χ0n) is 17.2. The summed E-state index contributed by atoms with van der Waals surface area (Å²) in [5.41, 5.74) is 5.19. The van der Waals surface area contributed by atoms with E-state index < -0.39 is 5.60 Å². The van der Waals surface area contributed by atoms with Gasteiger partial charge in [-0.25, -0.2) is 0 Å². The van der Waals surface area contributed by atoms with Gasteiger partial charge in [0.15, 0.2) is 5.78 Å². The minimum absolute atomic E-state index is 0.0526. The molecule has 29 heavy (non-hydrogen) atoms. The smallest absolute Gasteiger partial charge is 0.156 e. The maximum Gasteiger partial charge on any atom is 0.156 e. The first-order chi connectivity index (χ1) is 13.9. The first-order valence-electron chi connectivity index (χ1n) is 11.3. The maximum atomic E-state index is 12.1. The second kappa shape index (κ2) is 5.63. The number of aromatic hydroxyl groups is 1. The van der Waals surface area contributed by atoms with Crippen LogP contribution in [0.3, 0.4) is 0 Å². The highest BCUT2D eigenvalue weighted by Gasteiger charge is 2.74. The fourth-order valence-corrected chi connectivity index (χ4v) is 8.33. The average Bonchev–Trinajstić information content (AvgIpc) is 3.08. The van der Waals surface area contributed by atoms with Crippen molar-refractivity contribution in [2.24, 2.45) is 16.7 Å². The van der Waals surface area contributed by atoms with Crippen LogP contribution in [0.25, 0.3) is 0 Å². The van der Waals surface area contributed by atoms with Gasteiger partial charge in [-0.05, 0) is 97.6 Å². The molecular weight excluding hydrogens is 360 g/mol. The Balaban J connectivity index is 1.58. The molecule has 2 N–H and O–H groups in total. The Kier molecular flexibility index (Phi) is 3.48. The molecule has 2 bridgehead atoms. The number of carbonyl (C=O) groups is 1. The third kappa shape index (κ3) is 2.10. The second-order valence-electron chi connectivity index (χ2n) is 10.5. The van der Waals surface area contributed by atoms with E-state index in [1.165, 1.54) is 16.7 Å². The molecule has 0 heterocycles. The molecule has 152 valence electrons. The summed E-state index contributed by atoms with van der Waals surface area (Å²) in [4.78, 5) is 12.1. The lowest BCUT2D eigenvalue weighted by Crippen LogP contribution is -2.52. The zero-order valence-corrected chi connectivity index (χ0v) is 17.2. The summed E-state index contributed by atoms with van der Waals surface area (Å²) in [6, 6.07) is 7.73. The van der Waals surface area contributed by atoms with Gasteiger partial charge in [-0.3, -0.25) is 4.79 Å². The quantitative estimate of drug-likeness (QED) is 0.694. The molecule has 0 aromatic heterocycles. The van der Waals surface area contributed by atoms with Gasteiger partial charge >= 0.3 is 0 Å². The van der Waals surface area contributed by atoms with Crippen molar-refractivity contribution in [3.8, 4) is 5.75 Å². The van der Waals surface area contributed by atoms with Crippen LogP contribution in [-0.2, 0) is 4.79 Å². The molecule has 0 aliphatic heterocycles. The monoisotopic (exact) mass is 390 g/mol. The number of hydrogen-bond acceptors (Lipinski definition) is 3. The van der Waals surface area contributed by atoms with Crippen LogP contribution in [0.2, 0.25) is 0 Å². The zero-order chi connectivity index (χ0) is 20.0. The predicted molar refractivity (Wildman–Crippen MR) is 111 cm³/mol. The fraction of sp³-hybridized carbons (Fsp3) is 0.577. The van der Waals surface area contributed by atoms with Crippen molar-refractivity contribution >= 4 is 5.78 Å². The highest BCUT2D eigenvalue weighted by molar-refractivity contribution is 5.93. The SMILES string of the molecule is C[C@]12CC(c3ccc(O)cc3)C3=C4CCC(=O)C=C4CC[C@H]3C13CCC2(O)CC3. The minimum Gasteiger partial charge on any atom is -0.508 e. The molecule has 3 nitrogen and oxygen atoms in total. The topological polar surface area (TPSA) is 57.5 Å². The normalized spacial score (nSPS) is 43.0. The van der Waals surface area contributed by atoms with E-state index in [4.69, 9.17) is 0 Å². The Morgan fingerprint density at radius 2 is 1.72 bits per heavy atom. The van der Waals surface area contributed by atoms with Crippen LogP contribution in [-0.4, -0.2) is 21.6 Å². The van der Waals surface area contributed by atoms with E-state index >= 15 is 0 Å². The lowest BCUT2D eigenvalue weighted by atomic mass is 9.46. The number of phenols is 1. The molecule has 3 heteroatoms. The summed E-state index contributed by atoms with van der Waals surface area (Å²) in [5, 5.41) is 21.5. The Hall–Kier alpha value is -1.87. The fourth-order valence-electron chi connectivity index (χ4n) is 8.33. The molecule has 0 radical (unpaired) electrons. The highest BCUT2D eigenvalue weighted by atomic mass is 16.3. The van der Waals surface area contributed by atoms with Gasteiger partial charge in [0.2, 0.25) is 0 Å². The molecule has 5 aliphatic rings. The molecule has 3 atom stereocenters. The molecule has 3 saturated carbocycles. The lowest BCUT2D eigenvalue weighted by molar-refractivity contribution is -0.114. The average molecular weight is 391 g/mol. The number of benzene rings is 1. The second-order valence-corrected chi connectivity index (χ2v) is 10.5. The number of allylic oxidation sites excluding steroid dienone is 4. The van der Waals surface area contributed by atoms with Crippen molar-refractivity contribution in [3.05, 3.63) is 52.6 Å². The number of hydrogen-bond donors (Lipinski definition) is 2. The summed E-state index contributed by atoms with van der Waals surface area (Å²) < 4.78 is 0. The molecule has 0 amide bonds. The largest absolute Gasteiger partial charge is 0.508 e. The third-order valence-corrected chi connectivity index (χ3v) is 9.82. The van der Waals surface area contributed by atoms with Crippen molar-refractivity contribution in [3.63, 3.8) is 0 Å². The molecular formula is C26H30O3. The molecule has 1 aromatic rings. The lowest BCUT2D eigenvalue weighted by Gasteiger charge is -2.58. The van der Waals surface area contributed by atoms with Crippen LogP contribution < -0.4 is 0 Å². The molecule has 1 aromatic carbocycles. The van der Waals surface area contributed by atoms with E-state index in [1.807, 2.05) is 6.08 Å². The molecule has 5 aliphatic carbocycles. The maximum absolute atomic E-state index is 12.1. The summed E-state index contributed by atoms with van der Waals surface area (Å²) >= 11 is 0. The van der Waals surface area contributed by atoms with Crippen LogP contribution in [0.15, 0.2) is 47.1 Å². The standard InChI is InChI=1S/C26H30O3/c1-24-15-21(16-2-5-18(27)6-3-16)23-20-8-7-19(28)14-17(20)4-9-22(23)25(24)10-12-26(24,29)13-11-25/h2-3,5-6,14,21-22,27,29H,4,7-13,15H2,1H3/t21?,22-,24+,25?,26?/m1/s1. The molecule has 1 unspecified atom stereocenters. The van der Waals surface area contributed by atoms with Crippen molar-refractivity contribution in [1.29, 1.82) is 0 Å². The van der Waals surface area contributed by atoms with Gasteiger partial charge in [-0.1, -0.05) is 24.6 Å². The number of rotatable bonds is 1. The molecule has 0 saturated heterocycles. The van der Waals surface area contributed by atoms with Gasteiger partial charge in [0.05, 0.1) is 5.60 Å². The highest BCUT2D eigenvalue weighted by Crippen LogP contribution is 2.78. The summed E-state index contributed by atoms with van der Waals surface area (Å²) in [5.74, 6) is 1.36. The van der Waals surface area contributed by atoms with Crippen LogP contribution >= 0.6 is 0 Å². The van der Waals surface area contributed by atoms with Gasteiger partial charge in [0.25, 0.3) is 0 Å². The Morgan fingerprint density at radius 1 is 1.00 bits per heavy atom. The number of carbonyl (C=O) groups excluding carboxylic acids is 1. The van der Waals surface area contributed by atoms with Gasteiger partial charge in [0.1, 0.15) is 5.75 Å². The Labute approximate surface area is 172 Å². The molecule has 6 rings (SSSR count). The summed E-state index contributed by atoms with van der Waals surface area (Å²) in [6.07, 6.45) is 10.7. The van der Waals surface area contributed by atoms with E-state index in [1.54, 1.807) is 17.7 Å². The first kappa shape index (κ1) is 17.9. The third-order valence-electron chi connectivity index (χ3n) is 9.82. The van der Waals surface area contributed by atoms with Crippen molar-refractivity contribution in [2.45, 2.75) is 76.2 Å². The van der Waals surface area contributed by atoms with Crippen molar-refractivity contribution in [2.75, 3.05) is 0 Å². The Bertz CT molecular complexity index is 958. The van der Waals surface area contributed by atoms with Crippen molar-refractivity contribution < 1.29 is 15.0 Å². The van der Waals surface area contributed by atoms with E-state index in [2.05, 4.69) is 19.1 Å². The predicted octanol–water partition coefficient (Wildman–Crippen LogP) is 5.19. The first-order valence-corrected chi connectivity index (χ1v) is 11.3. The van der Waals surface area contributed by atoms with Crippen LogP contribution in [0.5, 0.6) is 5.75 Å². The van der Waals surface area contributed by atoms with E-state index in [-0.39, 0.29) is 22.5 Å². The van der Waals surface area contributed by atoms with Gasteiger partial charge in [-0.15, -0.1) is 0 Å². The van der Waals surface area contributed by atoms with E-state index in [9.17, 15) is 15.0 Å². The summed E-state index contributed by atoms with van der Waals surface area (Å²) in [7, 11) is 0. The van der Waals surface area contributed by atoms with Crippen LogP contribution in [0, 0.1) is 16.7 Å². The summed E-state index contributed by atoms with van der Waals surface area (Å²) in [6.45, 7) is 2.37. The van der Waals surface area contributed by atoms with Crippen LogP contribution in [0.4, 0.5) is 0 Å². The van der Waals surface area contributed by atoms with Crippen molar-refractivity contribution in [1.82, 2.24) is 0 Å². The van der Waals surface area contributed by atoms with E-state index in [0.717, 1.165) is 51.4 Å². The number of fused-ring (bicyclic) bond motifs is 2. The van der Waals surface area contributed by atoms with E-state index in [0.29, 0.717) is 18.1 Å². The number of phenolic OH excluding ortho intramolecular Hbond substituents is 1. The number of aliphatic hydroxyl groups is 1. The molecule has 0 spiro atoms. The van der Waals surface area contributed by atoms with Gasteiger partial charge in [-0.2, -0.15) is 0 Å². The Morgan fingerprint density at radius 3 is 2.45 bits per heavy atom. The van der Waals surface area contributed by atoms with Crippen LogP contribution in [0.1, 0.15) is 76.2 Å².